The smallest absolute Gasteiger partial charge is 0.0468 e. The van der Waals surface area contributed by atoms with Crippen LogP contribution in [0.25, 0.3) is 10.9 Å². The monoisotopic (exact) mass is 225 g/mol. The van der Waals surface area contributed by atoms with Crippen LogP contribution in [0.5, 0.6) is 0 Å². The average Bonchev–Trinajstić information content (AvgIpc) is 2.34. The summed E-state index contributed by atoms with van der Waals surface area (Å²) < 4.78 is 1.16. The third-order valence-electron chi connectivity index (χ3n) is 1.85. The molecule has 2 rings (SSSR count). The van der Waals surface area contributed by atoms with E-state index in [1.54, 1.807) is 0 Å². The third kappa shape index (κ3) is 1.27. The molecule has 0 unspecified atom stereocenters. The minimum atomic E-state index is 0. The van der Waals surface area contributed by atoms with Crippen molar-refractivity contribution < 1.29 is 0 Å². The Morgan fingerprint density at radius 1 is 1.33 bits per heavy atom. The van der Waals surface area contributed by atoms with E-state index in [0.29, 0.717) is 0 Å². The van der Waals surface area contributed by atoms with E-state index >= 15 is 0 Å². The summed E-state index contributed by atoms with van der Waals surface area (Å²) in [7, 11) is 0. The van der Waals surface area contributed by atoms with Crippen molar-refractivity contribution in [3.63, 3.8) is 0 Å². The summed E-state index contributed by atoms with van der Waals surface area (Å²) in [5.41, 5.74) is 2.48. The predicted octanol–water partition coefficient (Wildman–Crippen LogP) is 3.87. The molecule has 0 fully saturated rings. The minimum Gasteiger partial charge on any atom is -0.361 e. The highest BCUT2D eigenvalue weighted by Gasteiger charge is 2.01. The van der Waals surface area contributed by atoms with Crippen molar-refractivity contribution in [3.05, 3.63) is 34.4 Å². The molecule has 1 heterocycles. The first kappa shape index (κ1) is 9.33. The topological polar surface area (TPSA) is 15.8 Å². The second kappa shape index (κ2) is 3.31. The van der Waals surface area contributed by atoms with Gasteiger partial charge in [-0.05, 0) is 24.6 Å². The second-order valence-electron chi connectivity index (χ2n) is 2.63. The lowest BCUT2D eigenvalue weighted by atomic mass is 10.2. The molecule has 2 heteroatoms. The van der Waals surface area contributed by atoms with Gasteiger partial charge in [-0.25, -0.2) is 0 Å². The zero-order valence-electron chi connectivity index (χ0n) is 6.19. The van der Waals surface area contributed by atoms with Gasteiger partial charge in [-0.3, -0.25) is 0 Å². The van der Waals surface area contributed by atoms with E-state index in [9.17, 15) is 0 Å². The van der Waals surface area contributed by atoms with Gasteiger partial charge in [0.05, 0.1) is 0 Å². The van der Waals surface area contributed by atoms with Crippen molar-refractivity contribution in [1.82, 2.24) is 4.98 Å². The fraction of sp³-hybridized carbons (Fsp3) is 0.200. The molecule has 0 saturated carbocycles. The number of halogens is 1. The molecule has 0 aliphatic heterocycles. The number of hydrogen-bond donors (Lipinski definition) is 1. The van der Waals surface area contributed by atoms with Gasteiger partial charge in [0.2, 0.25) is 0 Å². The van der Waals surface area contributed by atoms with Crippen molar-refractivity contribution in [2.75, 3.05) is 0 Å². The van der Waals surface area contributed by atoms with Gasteiger partial charge in [0.1, 0.15) is 0 Å². The SMILES string of the molecule is C.Cc1c[nH]c2cccc(Br)c12. The summed E-state index contributed by atoms with van der Waals surface area (Å²) in [5.74, 6) is 0. The van der Waals surface area contributed by atoms with E-state index in [1.807, 2.05) is 12.3 Å². The molecule has 1 nitrogen and oxygen atoms in total. The van der Waals surface area contributed by atoms with E-state index in [2.05, 4.69) is 40.0 Å². The summed E-state index contributed by atoms with van der Waals surface area (Å²) in [6, 6.07) is 6.17. The third-order valence-corrected chi connectivity index (χ3v) is 2.51. The Morgan fingerprint density at radius 3 is 2.75 bits per heavy atom. The maximum absolute atomic E-state index is 3.51. The summed E-state index contributed by atoms with van der Waals surface area (Å²) in [6.45, 7) is 2.10. The van der Waals surface area contributed by atoms with Crippen LogP contribution in [0, 0.1) is 6.92 Å². The molecule has 0 amide bonds. The van der Waals surface area contributed by atoms with Crippen LogP contribution in [0.3, 0.4) is 0 Å². The normalized spacial score (nSPS) is 9.83. The molecule has 0 bridgehead atoms. The Kier molecular flexibility index (Phi) is 2.58. The summed E-state index contributed by atoms with van der Waals surface area (Å²) in [4.78, 5) is 3.20. The summed E-state index contributed by atoms with van der Waals surface area (Å²) in [5, 5.41) is 1.28. The number of hydrogen-bond acceptors (Lipinski definition) is 0. The molecule has 64 valence electrons. The van der Waals surface area contributed by atoms with Gasteiger partial charge in [0.15, 0.2) is 0 Å². The zero-order chi connectivity index (χ0) is 7.84. The first-order valence-electron chi connectivity index (χ1n) is 3.51. The molecule has 0 spiro atoms. The highest BCUT2D eigenvalue weighted by atomic mass is 79.9. The molecule has 0 atom stereocenters. The maximum Gasteiger partial charge on any atom is 0.0468 e. The van der Waals surface area contributed by atoms with E-state index in [-0.39, 0.29) is 7.43 Å². The van der Waals surface area contributed by atoms with Crippen LogP contribution >= 0.6 is 15.9 Å². The fourth-order valence-corrected chi connectivity index (χ4v) is 1.98. The lowest BCUT2D eigenvalue weighted by molar-refractivity contribution is 1.43. The van der Waals surface area contributed by atoms with E-state index < -0.39 is 0 Å². The van der Waals surface area contributed by atoms with Gasteiger partial charge in [0.25, 0.3) is 0 Å². The number of aromatic amines is 1. The van der Waals surface area contributed by atoms with Crippen LogP contribution in [0.4, 0.5) is 0 Å². The average molecular weight is 226 g/mol. The maximum atomic E-state index is 3.51. The predicted molar refractivity (Wildman–Crippen MR) is 57.5 cm³/mol. The van der Waals surface area contributed by atoms with E-state index in [4.69, 9.17) is 0 Å². The Bertz CT molecular complexity index is 390. The number of fused-ring (bicyclic) bond motifs is 1. The molecule has 0 radical (unpaired) electrons. The van der Waals surface area contributed by atoms with Crippen LogP contribution in [0.15, 0.2) is 28.9 Å². The Morgan fingerprint density at radius 2 is 2.08 bits per heavy atom. The van der Waals surface area contributed by atoms with E-state index in [0.717, 1.165) is 4.47 Å². The lowest BCUT2D eigenvalue weighted by Crippen LogP contribution is -1.70. The van der Waals surface area contributed by atoms with Crippen LogP contribution < -0.4 is 0 Å². The molecule has 0 saturated heterocycles. The molecule has 1 N–H and O–H groups in total. The quantitative estimate of drug-likeness (QED) is 0.701. The number of benzene rings is 1. The standard InChI is InChI=1S/C9H8BrN.CH4/c1-6-5-11-8-4-2-3-7(10)9(6)8;/h2-5,11H,1H3;1H4. The number of nitrogens with one attached hydrogen (secondary N) is 1. The molecule has 2 aromatic rings. The molecule has 12 heavy (non-hydrogen) atoms. The van der Waals surface area contributed by atoms with Gasteiger partial charge in [-0.1, -0.05) is 29.4 Å². The molecular formula is C10H12BrN. The number of H-pyrrole nitrogens is 1. The zero-order valence-corrected chi connectivity index (χ0v) is 7.77. The Balaban J connectivity index is 0.000000720. The van der Waals surface area contributed by atoms with Gasteiger partial charge in [-0.2, -0.15) is 0 Å². The van der Waals surface area contributed by atoms with Gasteiger partial charge in [-0.15, -0.1) is 0 Å². The Hall–Kier alpha value is -0.760. The van der Waals surface area contributed by atoms with E-state index in [1.165, 1.54) is 16.5 Å². The second-order valence-corrected chi connectivity index (χ2v) is 3.49. The minimum absolute atomic E-state index is 0. The van der Waals surface area contributed by atoms with Gasteiger partial charge < -0.3 is 4.98 Å². The first-order valence-corrected chi connectivity index (χ1v) is 4.30. The van der Waals surface area contributed by atoms with Crippen LogP contribution in [0.1, 0.15) is 13.0 Å². The fourth-order valence-electron chi connectivity index (χ4n) is 1.30. The highest BCUT2D eigenvalue weighted by Crippen LogP contribution is 2.25. The van der Waals surface area contributed by atoms with Crippen LogP contribution in [-0.2, 0) is 0 Å². The molecular weight excluding hydrogens is 214 g/mol. The number of rotatable bonds is 0. The first-order chi connectivity index (χ1) is 5.29. The summed E-state index contributed by atoms with van der Waals surface area (Å²) in [6.07, 6.45) is 2.02. The van der Waals surface area contributed by atoms with Gasteiger partial charge >= 0.3 is 0 Å². The highest BCUT2D eigenvalue weighted by molar-refractivity contribution is 9.10. The van der Waals surface area contributed by atoms with Crippen LogP contribution in [0.2, 0.25) is 0 Å². The lowest BCUT2D eigenvalue weighted by Gasteiger charge is -1.93. The molecule has 0 aliphatic rings. The van der Waals surface area contributed by atoms with Crippen LogP contribution in [-0.4, -0.2) is 4.98 Å². The largest absolute Gasteiger partial charge is 0.361 e. The van der Waals surface area contributed by atoms with Crippen molar-refractivity contribution in [1.29, 1.82) is 0 Å². The van der Waals surface area contributed by atoms with Crippen molar-refractivity contribution in [3.8, 4) is 0 Å². The molecule has 1 aromatic carbocycles. The van der Waals surface area contributed by atoms with Crippen molar-refractivity contribution in [2.24, 2.45) is 0 Å². The molecule has 0 aliphatic carbocycles. The van der Waals surface area contributed by atoms with Gasteiger partial charge in [0, 0.05) is 21.6 Å². The Labute approximate surface area is 80.9 Å². The van der Waals surface area contributed by atoms with Crippen molar-refractivity contribution >= 4 is 26.8 Å². The summed E-state index contributed by atoms with van der Waals surface area (Å²) >= 11 is 3.51. The molecule has 1 aromatic heterocycles. The number of aromatic nitrogens is 1. The number of aryl methyl sites for hydroxylation is 1. The van der Waals surface area contributed by atoms with Crippen molar-refractivity contribution in [2.45, 2.75) is 14.4 Å².